The number of aromatic nitrogens is 1. The van der Waals surface area contributed by atoms with E-state index in [1.807, 2.05) is 0 Å². The number of aromatic carboxylic acids is 1. The number of rotatable bonds is 6. The minimum atomic E-state index is -1.06. The lowest BCUT2D eigenvalue weighted by molar-refractivity contribution is 0.0652. The van der Waals surface area contributed by atoms with Crippen molar-refractivity contribution in [2.75, 3.05) is 0 Å². The molecule has 0 saturated carbocycles. The predicted octanol–water partition coefficient (Wildman–Crippen LogP) is 3.06. The van der Waals surface area contributed by atoms with Gasteiger partial charge in [0.05, 0.1) is 5.69 Å². The van der Waals surface area contributed by atoms with Crippen LogP contribution in [0.15, 0.2) is 10.6 Å². The Balaban J connectivity index is 2.76. The Kier molecular flexibility index (Phi) is 4.34. The SMILES string of the molecule is CCCC(CCC)c1cc(C(=O)O)on1. The van der Waals surface area contributed by atoms with Crippen molar-refractivity contribution in [1.29, 1.82) is 0 Å². The number of nitrogens with zero attached hydrogens (tertiary/aromatic N) is 1. The molecule has 0 aromatic carbocycles. The van der Waals surface area contributed by atoms with E-state index in [0.717, 1.165) is 31.4 Å². The van der Waals surface area contributed by atoms with E-state index in [2.05, 4.69) is 19.0 Å². The van der Waals surface area contributed by atoms with Crippen LogP contribution in [0.4, 0.5) is 0 Å². The molecule has 84 valence electrons. The van der Waals surface area contributed by atoms with Crippen LogP contribution in [0.2, 0.25) is 0 Å². The van der Waals surface area contributed by atoms with E-state index in [-0.39, 0.29) is 5.76 Å². The Hall–Kier alpha value is -1.32. The van der Waals surface area contributed by atoms with Gasteiger partial charge in [-0.1, -0.05) is 31.8 Å². The zero-order chi connectivity index (χ0) is 11.3. The Bertz CT molecular complexity index is 313. The van der Waals surface area contributed by atoms with E-state index >= 15 is 0 Å². The highest BCUT2D eigenvalue weighted by Gasteiger charge is 2.17. The van der Waals surface area contributed by atoms with Crippen molar-refractivity contribution in [2.45, 2.75) is 45.4 Å². The lowest BCUT2D eigenvalue weighted by atomic mass is 9.95. The molecule has 0 radical (unpaired) electrons. The maximum absolute atomic E-state index is 10.6. The molecule has 0 spiro atoms. The second kappa shape index (κ2) is 5.53. The van der Waals surface area contributed by atoms with Crippen molar-refractivity contribution in [3.05, 3.63) is 17.5 Å². The first-order valence-corrected chi connectivity index (χ1v) is 5.38. The Morgan fingerprint density at radius 3 is 2.47 bits per heavy atom. The Morgan fingerprint density at radius 2 is 2.07 bits per heavy atom. The minimum Gasteiger partial charge on any atom is -0.475 e. The smallest absolute Gasteiger partial charge is 0.374 e. The van der Waals surface area contributed by atoms with Crippen molar-refractivity contribution < 1.29 is 14.4 Å². The number of hydrogen-bond acceptors (Lipinski definition) is 3. The topological polar surface area (TPSA) is 63.3 Å². The summed E-state index contributed by atoms with van der Waals surface area (Å²) in [5, 5.41) is 12.5. The third-order valence-electron chi connectivity index (χ3n) is 2.43. The molecule has 0 unspecified atom stereocenters. The lowest BCUT2D eigenvalue weighted by Crippen LogP contribution is -1.98. The van der Waals surface area contributed by atoms with Crippen molar-refractivity contribution in [3.63, 3.8) is 0 Å². The van der Waals surface area contributed by atoms with E-state index in [0.29, 0.717) is 5.92 Å². The fraction of sp³-hybridized carbons (Fsp3) is 0.636. The number of hydrogen-bond donors (Lipinski definition) is 1. The van der Waals surface area contributed by atoms with Crippen LogP contribution in [0.3, 0.4) is 0 Å². The van der Waals surface area contributed by atoms with Gasteiger partial charge < -0.3 is 9.63 Å². The summed E-state index contributed by atoms with van der Waals surface area (Å²) in [6.45, 7) is 4.22. The van der Waals surface area contributed by atoms with E-state index in [1.165, 1.54) is 0 Å². The fourth-order valence-electron chi connectivity index (χ4n) is 1.72. The molecule has 15 heavy (non-hydrogen) atoms. The molecule has 1 aromatic rings. The van der Waals surface area contributed by atoms with Gasteiger partial charge in [-0.05, 0) is 12.8 Å². The van der Waals surface area contributed by atoms with Gasteiger partial charge >= 0.3 is 5.97 Å². The van der Waals surface area contributed by atoms with Gasteiger partial charge in [0, 0.05) is 12.0 Å². The molecule has 1 rings (SSSR count). The van der Waals surface area contributed by atoms with Crippen molar-refractivity contribution in [3.8, 4) is 0 Å². The van der Waals surface area contributed by atoms with E-state index in [1.54, 1.807) is 6.07 Å². The summed E-state index contributed by atoms with van der Waals surface area (Å²) in [7, 11) is 0. The molecule has 1 heterocycles. The zero-order valence-electron chi connectivity index (χ0n) is 9.19. The van der Waals surface area contributed by atoms with Crippen LogP contribution in [0, 0.1) is 0 Å². The number of carboxylic acid groups (broad SMARTS) is 1. The summed E-state index contributed by atoms with van der Waals surface area (Å²) in [5.74, 6) is -0.792. The molecule has 1 N–H and O–H groups in total. The fourth-order valence-corrected chi connectivity index (χ4v) is 1.72. The molecule has 0 amide bonds. The molecule has 1 aromatic heterocycles. The van der Waals surface area contributed by atoms with Gasteiger partial charge in [0.25, 0.3) is 0 Å². The Labute approximate surface area is 89.3 Å². The summed E-state index contributed by atoms with van der Waals surface area (Å²) < 4.78 is 4.75. The average molecular weight is 211 g/mol. The molecule has 4 nitrogen and oxygen atoms in total. The van der Waals surface area contributed by atoms with E-state index in [4.69, 9.17) is 9.63 Å². The van der Waals surface area contributed by atoms with Crippen LogP contribution in [0.25, 0.3) is 0 Å². The zero-order valence-corrected chi connectivity index (χ0v) is 9.19. The van der Waals surface area contributed by atoms with Gasteiger partial charge in [0.2, 0.25) is 5.76 Å². The van der Waals surface area contributed by atoms with Crippen molar-refractivity contribution in [2.24, 2.45) is 0 Å². The monoisotopic (exact) mass is 211 g/mol. The second-order valence-electron chi connectivity index (χ2n) is 3.70. The highest BCUT2D eigenvalue weighted by molar-refractivity contribution is 5.84. The van der Waals surface area contributed by atoms with Gasteiger partial charge in [-0.15, -0.1) is 0 Å². The first kappa shape index (κ1) is 11.8. The molecular formula is C11H17NO3. The third-order valence-corrected chi connectivity index (χ3v) is 2.43. The highest BCUT2D eigenvalue weighted by atomic mass is 16.5. The Morgan fingerprint density at radius 1 is 1.47 bits per heavy atom. The van der Waals surface area contributed by atoms with Crippen LogP contribution in [-0.2, 0) is 0 Å². The van der Waals surface area contributed by atoms with E-state index < -0.39 is 5.97 Å². The summed E-state index contributed by atoms with van der Waals surface area (Å²) in [4.78, 5) is 10.6. The van der Waals surface area contributed by atoms with E-state index in [9.17, 15) is 4.79 Å². The van der Waals surface area contributed by atoms with Gasteiger partial charge in [-0.3, -0.25) is 0 Å². The maximum Gasteiger partial charge on any atom is 0.374 e. The largest absolute Gasteiger partial charge is 0.475 e. The molecule has 0 aliphatic rings. The minimum absolute atomic E-state index is 0.0674. The van der Waals surface area contributed by atoms with Crippen molar-refractivity contribution in [1.82, 2.24) is 5.16 Å². The summed E-state index contributed by atoms with van der Waals surface area (Å²) in [6.07, 6.45) is 4.19. The normalized spacial score (nSPS) is 10.9. The maximum atomic E-state index is 10.6. The molecule has 0 bridgehead atoms. The van der Waals surface area contributed by atoms with Gasteiger partial charge in [0.1, 0.15) is 0 Å². The predicted molar refractivity (Wildman–Crippen MR) is 56.0 cm³/mol. The van der Waals surface area contributed by atoms with Crippen LogP contribution in [0.1, 0.15) is 61.7 Å². The van der Waals surface area contributed by atoms with Gasteiger partial charge in [-0.2, -0.15) is 0 Å². The molecule has 0 saturated heterocycles. The molecule has 4 heteroatoms. The third kappa shape index (κ3) is 3.08. The molecular weight excluding hydrogens is 194 g/mol. The summed E-state index contributed by atoms with van der Waals surface area (Å²) in [5.41, 5.74) is 0.774. The van der Waals surface area contributed by atoms with Crippen LogP contribution >= 0.6 is 0 Å². The summed E-state index contributed by atoms with van der Waals surface area (Å²) in [6, 6.07) is 1.54. The average Bonchev–Trinajstić information content (AvgIpc) is 2.66. The second-order valence-corrected chi connectivity index (χ2v) is 3.70. The van der Waals surface area contributed by atoms with Crippen LogP contribution in [0.5, 0.6) is 0 Å². The number of carboxylic acids is 1. The highest BCUT2D eigenvalue weighted by Crippen LogP contribution is 2.25. The first-order chi connectivity index (χ1) is 7.19. The van der Waals surface area contributed by atoms with Crippen molar-refractivity contribution >= 4 is 5.97 Å². The van der Waals surface area contributed by atoms with Crippen LogP contribution in [-0.4, -0.2) is 16.2 Å². The first-order valence-electron chi connectivity index (χ1n) is 5.38. The standard InChI is InChI=1S/C11H17NO3/c1-3-5-8(6-4-2)9-7-10(11(13)14)15-12-9/h7-8H,3-6H2,1-2H3,(H,13,14). The quantitative estimate of drug-likeness (QED) is 0.785. The summed E-state index contributed by atoms with van der Waals surface area (Å²) >= 11 is 0. The van der Waals surface area contributed by atoms with Gasteiger partial charge in [0.15, 0.2) is 0 Å². The lowest BCUT2D eigenvalue weighted by Gasteiger charge is -2.10. The number of carbonyl (C=O) groups is 1. The molecule has 0 atom stereocenters. The molecule has 0 fully saturated rings. The van der Waals surface area contributed by atoms with Gasteiger partial charge in [-0.25, -0.2) is 4.79 Å². The molecule has 0 aliphatic carbocycles. The van der Waals surface area contributed by atoms with Crippen LogP contribution < -0.4 is 0 Å². The molecule has 0 aliphatic heterocycles.